The summed E-state index contributed by atoms with van der Waals surface area (Å²) >= 11 is 0. The summed E-state index contributed by atoms with van der Waals surface area (Å²) in [5.74, 6) is -0.138. The summed E-state index contributed by atoms with van der Waals surface area (Å²) in [7, 11) is -3.76. The second-order valence-electron chi connectivity index (χ2n) is 5.41. The Hall–Kier alpha value is -3.00. The molecule has 1 aliphatic heterocycles. The Labute approximate surface area is 137 Å². The monoisotopic (exact) mass is 340 g/mol. The number of nitrogens with one attached hydrogen (secondary N) is 2. The number of nitrogens with zero attached hydrogens (tertiary/aromatic N) is 2. The third kappa shape index (κ3) is 2.56. The molecule has 1 amide bonds. The van der Waals surface area contributed by atoms with E-state index in [2.05, 4.69) is 20.0 Å². The van der Waals surface area contributed by atoms with Gasteiger partial charge < -0.3 is 5.32 Å². The Morgan fingerprint density at radius 2 is 1.79 bits per heavy atom. The zero-order valence-corrected chi connectivity index (χ0v) is 13.2. The lowest BCUT2D eigenvalue weighted by Gasteiger charge is -2.09. The van der Waals surface area contributed by atoms with E-state index in [0.717, 1.165) is 0 Å². The van der Waals surface area contributed by atoms with Crippen LogP contribution < -0.4 is 10.0 Å². The number of carbonyl (C=O) groups is 1. The summed E-state index contributed by atoms with van der Waals surface area (Å²) in [4.78, 5) is 19.8. The first-order valence-electron chi connectivity index (χ1n) is 7.18. The molecule has 1 aliphatic rings. The van der Waals surface area contributed by atoms with Crippen molar-refractivity contribution in [3.8, 4) is 0 Å². The van der Waals surface area contributed by atoms with Crippen LogP contribution in [0.15, 0.2) is 53.7 Å². The SMILES string of the molecule is O=C1Cc2cc(S(=O)(=O)Nc3ccc4nccnc4c3)ccc2N1. The van der Waals surface area contributed by atoms with Crippen molar-refractivity contribution in [1.29, 1.82) is 0 Å². The fraction of sp³-hybridized carbons (Fsp3) is 0.0625. The molecular weight excluding hydrogens is 328 g/mol. The molecule has 0 spiro atoms. The highest BCUT2D eigenvalue weighted by atomic mass is 32.2. The van der Waals surface area contributed by atoms with E-state index in [9.17, 15) is 13.2 Å². The number of carbonyl (C=O) groups excluding carboxylic acids is 1. The van der Waals surface area contributed by atoms with Gasteiger partial charge >= 0.3 is 0 Å². The molecule has 2 aromatic carbocycles. The highest BCUT2D eigenvalue weighted by molar-refractivity contribution is 7.92. The van der Waals surface area contributed by atoms with Crippen molar-refractivity contribution >= 4 is 38.3 Å². The van der Waals surface area contributed by atoms with Crippen molar-refractivity contribution in [2.45, 2.75) is 11.3 Å². The van der Waals surface area contributed by atoms with Gasteiger partial charge in [-0.05, 0) is 42.0 Å². The quantitative estimate of drug-likeness (QED) is 0.758. The summed E-state index contributed by atoms with van der Waals surface area (Å²) < 4.78 is 27.7. The number of aromatic nitrogens is 2. The first kappa shape index (κ1) is 14.6. The molecule has 0 saturated heterocycles. The Bertz CT molecular complexity index is 1080. The number of anilines is 2. The van der Waals surface area contributed by atoms with Crippen LogP contribution in [0.1, 0.15) is 5.56 Å². The van der Waals surface area contributed by atoms with Gasteiger partial charge in [0, 0.05) is 18.1 Å². The molecule has 2 heterocycles. The van der Waals surface area contributed by atoms with Crippen LogP contribution in [0.3, 0.4) is 0 Å². The maximum atomic E-state index is 12.6. The Kier molecular flexibility index (Phi) is 3.20. The molecule has 8 heteroatoms. The fourth-order valence-corrected chi connectivity index (χ4v) is 3.71. The maximum Gasteiger partial charge on any atom is 0.261 e. The van der Waals surface area contributed by atoms with Crippen LogP contribution in [-0.4, -0.2) is 24.3 Å². The average Bonchev–Trinajstić information content (AvgIpc) is 2.93. The minimum absolute atomic E-state index is 0.108. The summed E-state index contributed by atoms with van der Waals surface area (Å²) in [6.07, 6.45) is 3.31. The second kappa shape index (κ2) is 5.27. The predicted molar refractivity (Wildman–Crippen MR) is 89.1 cm³/mol. The highest BCUT2D eigenvalue weighted by Crippen LogP contribution is 2.27. The van der Waals surface area contributed by atoms with Gasteiger partial charge in [-0.15, -0.1) is 0 Å². The standard InChI is InChI=1S/C16H12N4O3S/c21-16-8-10-7-12(2-4-13(10)19-16)24(22,23)20-11-1-3-14-15(9-11)18-6-5-17-14/h1-7,9,20H,8H2,(H,19,21). The summed E-state index contributed by atoms with van der Waals surface area (Å²) in [6, 6.07) is 9.53. The van der Waals surface area contributed by atoms with E-state index in [1.54, 1.807) is 36.7 Å². The van der Waals surface area contributed by atoms with E-state index in [4.69, 9.17) is 0 Å². The Balaban J connectivity index is 1.67. The molecule has 1 aromatic heterocycles. The average molecular weight is 340 g/mol. The minimum Gasteiger partial charge on any atom is -0.326 e. The number of amides is 1. The first-order chi connectivity index (χ1) is 11.5. The Morgan fingerprint density at radius 3 is 2.62 bits per heavy atom. The van der Waals surface area contributed by atoms with Crippen molar-refractivity contribution in [3.05, 3.63) is 54.4 Å². The smallest absolute Gasteiger partial charge is 0.261 e. The van der Waals surface area contributed by atoms with Crippen LogP contribution in [0.25, 0.3) is 11.0 Å². The molecule has 0 aliphatic carbocycles. The van der Waals surface area contributed by atoms with Gasteiger partial charge in [0.25, 0.3) is 10.0 Å². The van der Waals surface area contributed by atoms with Crippen LogP contribution >= 0.6 is 0 Å². The summed E-state index contributed by atoms with van der Waals surface area (Å²) in [6.45, 7) is 0. The van der Waals surface area contributed by atoms with Crippen molar-refractivity contribution in [2.75, 3.05) is 10.0 Å². The van der Waals surface area contributed by atoms with Crippen molar-refractivity contribution < 1.29 is 13.2 Å². The molecule has 0 radical (unpaired) electrons. The number of hydrogen-bond donors (Lipinski definition) is 2. The largest absolute Gasteiger partial charge is 0.326 e. The van der Waals surface area contributed by atoms with Crippen molar-refractivity contribution in [3.63, 3.8) is 0 Å². The molecule has 0 saturated carbocycles. The van der Waals surface area contributed by atoms with Crippen LogP contribution in [0, 0.1) is 0 Å². The molecular formula is C16H12N4O3S. The molecule has 0 unspecified atom stereocenters. The van der Waals surface area contributed by atoms with E-state index in [1.165, 1.54) is 12.1 Å². The van der Waals surface area contributed by atoms with Crippen LogP contribution in [-0.2, 0) is 21.2 Å². The van der Waals surface area contributed by atoms with Crippen LogP contribution in [0.2, 0.25) is 0 Å². The lowest BCUT2D eigenvalue weighted by atomic mass is 10.2. The number of hydrogen-bond acceptors (Lipinski definition) is 5. The summed E-state index contributed by atoms with van der Waals surface area (Å²) in [5.41, 5.74) is 3.01. The van der Waals surface area contributed by atoms with Gasteiger partial charge in [-0.2, -0.15) is 0 Å². The zero-order chi connectivity index (χ0) is 16.7. The van der Waals surface area contributed by atoms with E-state index in [0.29, 0.717) is 28.0 Å². The minimum atomic E-state index is -3.76. The molecule has 120 valence electrons. The van der Waals surface area contributed by atoms with Gasteiger partial charge in [0.2, 0.25) is 5.91 Å². The molecule has 0 atom stereocenters. The van der Waals surface area contributed by atoms with E-state index >= 15 is 0 Å². The highest BCUT2D eigenvalue weighted by Gasteiger charge is 2.22. The number of benzene rings is 2. The fourth-order valence-electron chi connectivity index (χ4n) is 2.61. The normalized spacial score (nSPS) is 13.6. The third-order valence-corrected chi connectivity index (χ3v) is 5.11. The van der Waals surface area contributed by atoms with Gasteiger partial charge in [-0.1, -0.05) is 0 Å². The molecule has 24 heavy (non-hydrogen) atoms. The van der Waals surface area contributed by atoms with Crippen LogP contribution in [0.4, 0.5) is 11.4 Å². The van der Waals surface area contributed by atoms with Crippen LogP contribution in [0.5, 0.6) is 0 Å². The van der Waals surface area contributed by atoms with Gasteiger partial charge in [0.05, 0.1) is 28.0 Å². The molecule has 7 nitrogen and oxygen atoms in total. The van der Waals surface area contributed by atoms with E-state index in [-0.39, 0.29) is 17.2 Å². The molecule has 0 bridgehead atoms. The lowest BCUT2D eigenvalue weighted by Crippen LogP contribution is -2.13. The van der Waals surface area contributed by atoms with Gasteiger partial charge in [0.1, 0.15) is 0 Å². The first-order valence-corrected chi connectivity index (χ1v) is 8.66. The summed E-state index contributed by atoms with van der Waals surface area (Å²) in [5, 5.41) is 2.68. The van der Waals surface area contributed by atoms with E-state index < -0.39 is 10.0 Å². The Morgan fingerprint density at radius 1 is 1.00 bits per heavy atom. The third-order valence-electron chi connectivity index (χ3n) is 3.73. The van der Waals surface area contributed by atoms with Crippen molar-refractivity contribution in [1.82, 2.24) is 9.97 Å². The second-order valence-corrected chi connectivity index (χ2v) is 7.09. The zero-order valence-electron chi connectivity index (χ0n) is 12.4. The molecule has 0 fully saturated rings. The van der Waals surface area contributed by atoms with Gasteiger partial charge in [-0.3, -0.25) is 19.5 Å². The number of fused-ring (bicyclic) bond motifs is 2. The number of sulfonamides is 1. The van der Waals surface area contributed by atoms with Gasteiger partial charge in [-0.25, -0.2) is 8.42 Å². The maximum absolute atomic E-state index is 12.6. The molecule has 2 N–H and O–H groups in total. The lowest BCUT2D eigenvalue weighted by molar-refractivity contribution is -0.115. The molecule has 3 aromatic rings. The number of rotatable bonds is 3. The van der Waals surface area contributed by atoms with E-state index in [1.807, 2.05) is 0 Å². The molecule has 4 rings (SSSR count). The van der Waals surface area contributed by atoms with Crippen molar-refractivity contribution in [2.24, 2.45) is 0 Å². The topological polar surface area (TPSA) is 101 Å². The predicted octanol–water partition coefficient (Wildman–Crippen LogP) is 1.93. The van der Waals surface area contributed by atoms with Gasteiger partial charge in [0.15, 0.2) is 0 Å².